The minimum Gasteiger partial charge on any atom is -0.375 e. The van der Waals surface area contributed by atoms with E-state index in [9.17, 15) is 14.4 Å². The monoisotopic (exact) mass is 435 g/mol. The lowest BCUT2D eigenvalue weighted by Gasteiger charge is -2.42. The zero-order valence-electron chi connectivity index (χ0n) is 18.6. The van der Waals surface area contributed by atoms with E-state index < -0.39 is 6.04 Å². The molecule has 172 valence electrons. The Morgan fingerprint density at radius 2 is 2.10 bits per heavy atom. The zero-order chi connectivity index (χ0) is 22.5. The number of ether oxygens (including phenoxy) is 1. The van der Waals surface area contributed by atoms with E-state index in [0.29, 0.717) is 26.1 Å². The smallest absolute Gasteiger partial charge is 0.315 e. The summed E-state index contributed by atoms with van der Waals surface area (Å²) in [6.45, 7) is 5.56. The van der Waals surface area contributed by atoms with E-state index in [4.69, 9.17) is 4.74 Å². The molecule has 11 heteroatoms. The number of urea groups is 1. The Morgan fingerprint density at radius 3 is 2.74 bits per heavy atom. The SMILES string of the molecule is COCC(=O)NC[C@H]1C(=O)N2C[C@@H](NC(=O)NC(C)C)C[C@H]2CN1Cc1nccn1C. The highest BCUT2D eigenvalue weighted by atomic mass is 16.5. The van der Waals surface area contributed by atoms with E-state index in [1.54, 1.807) is 6.20 Å². The van der Waals surface area contributed by atoms with Gasteiger partial charge in [-0.05, 0) is 20.3 Å². The number of carbonyl (C=O) groups is 3. The van der Waals surface area contributed by atoms with Gasteiger partial charge in [0.25, 0.3) is 0 Å². The highest BCUT2D eigenvalue weighted by Gasteiger charge is 2.45. The van der Waals surface area contributed by atoms with Gasteiger partial charge in [0.05, 0.1) is 12.6 Å². The molecule has 3 heterocycles. The number of nitrogens with one attached hydrogen (secondary N) is 3. The van der Waals surface area contributed by atoms with Crippen LogP contribution in [0.25, 0.3) is 0 Å². The van der Waals surface area contributed by atoms with Crippen molar-refractivity contribution in [2.45, 2.75) is 51.0 Å². The highest BCUT2D eigenvalue weighted by Crippen LogP contribution is 2.27. The number of fused-ring (bicyclic) bond motifs is 1. The molecule has 2 saturated heterocycles. The lowest BCUT2D eigenvalue weighted by atomic mass is 10.1. The fourth-order valence-electron chi connectivity index (χ4n) is 4.21. The van der Waals surface area contributed by atoms with Gasteiger partial charge in [0.1, 0.15) is 18.5 Å². The lowest BCUT2D eigenvalue weighted by molar-refractivity contribution is -0.144. The van der Waals surface area contributed by atoms with Crippen LogP contribution in [0.2, 0.25) is 0 Å². The number of hydrogen-bond donors (Lipinski definition) is 3. The van der Waals surface area contributed by atoms with Gasteiger partial charge < -0.3 is 30.2 Å². The Balaban J connectivity index is 1.70. The normalized spacial score (nSPS) is 23.7. The molecule has 3 atom stereocenters. The molecule has 0 spiro atoms. The maximum Gasteiger partial charge on any atom is 0.315 e. The summed E-state index contributed by atoms with van der Waals surface area (Å²) in [7, 11) is 3.37. The third-order valence-corrected chi connectivity index (χ3v) is 5.66. The molecular formula is C20H33N7O4. The van der Waals surface area contributed by atoms with E-state index in [-0.39, 0.29) is 49.1 Å². The number of methoxy groups -OCH3 is 1. The van der Waals surface area contributed by atoms with E-state index in [2.05, 4.69) is 25.8 Å². The summed E-state index contributed by atoms with van der Waals surface area (Å²) in [5.74, 6) is 0.538. The van der Waals surface area contributed by atoms with Gasteiger partial charge in [0.2, 0.25) is 11.8 Å². The third-order valence-electron chi connectivity index (χ3n) is 5.66. The summed E-state index contributed by atoms with van der Waals surface area (Å²) < 4.78 is 6.79. The number of aromatic nitrogens is 2. The van der Waals surface area contributed by atoms with Crippen molar-refractivity contribution in [1.29, 1.82) is 0 Å². The summed E-state index contributed by atoms with van der Waals surface area (Å²) in [5.41, 5.74) is 0. The van der Waals surface area contributed by atoms with Crippen LogP contribution in [0.15, 0.2) is 12.4 Å². The third kappa shape index (κ3) is 5.73. The Kier molecular flexibility index (Phi) is 7.50. The van der Waals surface area contributed by atoms with Crippen molar-refractivity contribution < 1.29 is 19.1 Å². The van der Waals surface area contributed by atoms with Gasteiger partial charge in [-0.3, -0.25) is 14.5 Å². The molecule has 2 aliphatic heterocycles. The second kappa shape index (κ2) is 10.1. The minimum absolute atomic E-state index is 0.00282. The standard InChI is InChI=1S/C20H33N7O4/c1-13(2)23-20(30)24-14-7-15-10-26(11-17-21-5-6-25(17)3)16(19(29)27(15)9-14)8-22-18(28)12-31-4/h5-6,13-16H,7-12H2,1-4H3,(H,22,28)(H2,23,24,30)/t14-,15-,16-/m0/s1. The number of amides is 4. The molecule has 0 aromatic carbocycles. The van der Waals surface area contributed by atoms with Crippen LogP contribution in [0.4, 0.5) is 4.79 Å². The van der Waals surface area contributed by atoms with Gasteiger partial charge in [0, 0.05) is 58.3 Å². The Labute approximate surface area is 182 Å². The van der Waals surface area contributed by atoms with Crippen LogP contribution in [0.3, 0.4) is 0 Å². The average molecular weight is 436 g/mol. The molecule has 0 unspecified atom stereocenters. The number of aryl methyl sites for hydroxylation is 1. The maximum atomic E-state index is 13.4. The van der Waals surface area contributed by atoms with Crippen LogP contribution in [0.1, 0.15) is 26.1 Å². The molecule has 0 radical (unpaired) electrons. The Morgan fingerprint density at radius 1 is 1.32 bits per heavy atom. The number of piperazine rings is 1. The van der Waals surface area contributed by atoms with Crippen molar-refractivity contribution in [3.63, 3.8) is 0 Å². The summed E-state index contributed by atoms with van der Waals surface area (Å²) >= 11 is 0. The van der Waals surface area contributed by atoms with Crippen molar-refractivity contribution >= 4 is 17.8 Å². The average Bonchev–Trinajstić information content (AvgIpc) is 3.27. The fraction of sp³-hybridized carbons (Fsp3) is 0.700. The molecule has 1 aromatic heterocycles. The molecule has 31 heavy (non-hydrogen) atoms. The first-order chi connectivity index (χ1) is 14.8. The Bertz CT molecular complexity index is 796. The van der Waals surface area contributed by atoms with E-state index in [0.717, 1.165) is 5.82 Å². The number of hydrogen-bond acceptors (Lipinski definition) is 6. The summed E-state index contributed by atoms with van der Waals surface area (Å²) in [5, 5.41) is 8.59. The number of imidazole rings is 1. The lowest BCUT2D eigenvalue weighted by Crippen LogP contribution is -2.62. The van der Waals surface area contributed by atoms with Crippen molar-refractivity contribution in [2.75, 3.05) is 33.4 Å². The van der Waals surface area contributed by atoms with Crippen LogP contribution >= 0.6 is 0 Å². The molecule has 3 rings (SSSR count). The first kappa shape index (κ1) is 23.0. The fourth-order valence-corrected chi connectivity index (χ4v) is 4.21. The van der Waals surface area contributed by atoms with Crippen LogP contribution in [0.5, 0.6) is 0 Å². The highest BCUT2D eigenvalue weighted by molar-refractivity contribution is 5.85. The molecule has 4 amide bonds. The second-order valence-corrected chi connectivity index (χ2v) is 8.49. The van der Waals surface area contributed by atoms with Gasteiger partial charge in [0.15, 0.2) is 0 Å². The van der Waals surface area contributed by atoms with E-state index in [1.165, 1.54) is 7.11 Å². The van der Waals surface area contributed by atoms with Crippen LogP contribution in [-0.4, -0.2) is 94.7 Å². The number of nitrogens with zero attached hydrogens (tertiary/aromatic N) is 4. The summed E-state index contributed by atoms with van der Waals surface area (Å²) in [6.07, 6.45) is 4.29. The van der Waals surface area contributed by atoms with Gasteiger partial charge >= 0.3 is 6.03 Å². The number of rotatable bonds is 8. The zero-order valence-corrected chi connectivity index (χ0v) is 18.6. The van der Waals surface area contributed by atoms with Gasteiger partial charge in [-0.15, -0.1) is 0 Å². The van der Waals surface area contributed by atoms with Crippen molar-refractivity contribution in [3.8, 4) is 0 Å². The molecule has 1 aromatic rings. The molecule has 2 fully saturated rings. The summed E-state index contributed by atoms with van der Waals surface area (Å²) in [6, 6.07) is -0.788. The molecule has 0 aliphatic carbocycles. The first-order valence-corrected chi connectivity index (χ1v) is 10.6. The topological polar surface area (TPSA) is 121 Å². The molecule has 0 bridgehead atoms. The Hall–Kier alpha value is -2.66. The van der Waals surface area contributed by atoms with E-state index >= 15 is 0 Å². The van der Waals surface area contributed by atoms with Crippen LogP contribution in [-0.2, 0) is 27.9 Å². The molecular weight excluding hydrogens is 402 g/mol. The van der Waals surface area contributed by atoms with Gasteiger partial charge in [-0.25, -0.2) is 9.78 Å². The summed E-state index contributed by atoms with van der Waals surface area (Å²) in [4.78, 5) is 45.7. The maximum absolute atomic E-state index is 13.4. The predicted octanol–water partition coefficient (Wildman–Crippen LogP) is -0.956. The van der Waals surface area contributed by atoms with Crippen LogP contribution < -0.4 is 16.0 Å². The van der Waals surface area contributed by atoms with Crippen molar-refractivity contribution in [2.24, 2.45) is 7.05 Å². The van der Waals surface area contributed by atoms with Crippen molar-refractivity contribution in [1.82, 2.24) is 35.3 Å². The quantitative estimate of drug-likeness (QED) is 0.484. The predicted molar refractivity (Wildman–Crippen MR) is 113 cm³/mol. The largest absolute Gasteiger partial charge is 0.375 e. The molecule has 11 nitrogen and oxygen atoms in total. The first-order valence-electron chi connectivity index (χ1n) is 10.6. The van der Waals surface area contributed by atoms with Crippen LogP contribution in [0, 0.1) is 0 Å². The molecule has 3 N–H and O–H groups in total. The van der Waals surface area contributed by atoms with Gasteiger partial charge in [-0.1, -0.05) is 0 Å². The second-order valence-electron chi connectivity index (χ2n) is 8.49. The molecule has 0 saturated carbocycles. The minimum atomic E-state index is -0.503. The van der Waals surface area contributed by atoms with E-state index in [1.807, 2.05) is 36.6 Å². The van der Waals surface area contributed by atoms with Gasteiger partial charge in [-0.2, -0.15) is 0 Å². The van der Waals surface area contributed by atoms with Crippen molar-refractivity contribution in [3.05, 3.63) is 18.2 Å². The number of carbonyl (C=O) groups excluding carboxylic acids is 3. The molecule has 2 aliphatic rings.